The van der Waals surface area contributed by atoms with E-state index in [9.17, 15) is 8.42 Å². The van der Waals surface area contributed by atoms with Gasteiger partial charge in [-0.3, -0.25) is 0 Å². The van der Waals surface area contributed by atoms with Crippen LogP contribution in [0.3, 0.4) is 0 Å². The smallest absolute Gasteiger partial charge is 0.243 e. The number of ether oxygens (including phenoxy) is 1. The van der Waals surface area contributed by atoms with Crippen molar-refractivity contribution in [3.63, 3.8) is 0 Å². The van der Waals surface area contributed by atoms with Gasteiger partial charge in [-0.2, -0.15) is 16.1 Å². The second kappa shape index (κ2) is 7.00. The van der Waals surface area contributed by atoms with Crippen LogP contribution in [0.15, 0.2) is 23.1 Å². The second-order valence-corrected chi connectivity index (χ2v) is 8.11. The molecule has 2 rings (SSSR count). The normalized spacial score (nSPS) is 19.3. The molecule has 118 valence electrons. The Labute approximate surface area is 130 Å². The first-order valence-corrected chi connectivity index (χ1v) is 9.51. The van der Waals surface area contributed by atoms with Gasteiger partial charge in [-0.05, 0) is 36.8 Å². The van der Waals surface area contributed by atoms with Gasteiger partial charge in [0, 0.05) is 31.1 Å². The molecule has 7 heteroatoms. The third kappa shape index (κ3) is 3.53. The lowest BCUT2D eigenvalue weighted by Crippen LogP contribution is -2.42. The number of sulfonamides is 1. The first-order valence-electron chi connectivity index (χ1n) is 6.92. The van der Waals surface area contributed by atoms with Crippen molar-refractivity contribution in [2.75, 3.05) is 37.5 Å². The van der Waals surface area contributed by atoms with Crippen molar-refractivity contribution in [2.45, 2.75) is 24.3 Å². The van der Waals surface area contributed by atoms with Gasteiger partial charge in [0.2, 0.25) is 10.0 Å². The SMILES string of the molecule is COCCN(C1CCSC1)S(=O)(=O)c1cccc(N)c1C. The number of hydrogen-bond acceptors (Lipinski definition) is 5. The van der Waals surface area contributed by atoms with E-state index < -0.39 is 10.0 Å². The first kappa shape index (κ1) is 16.6. The maximum absolute atomic E-state index is 13.0. The average molecular weight is 330 g/mol. The van der Waals surface area contributed by atoms with Crippen molar-refractivity contribution in [2.24, 2.45) is 0 Å². The molecule has 1 aromatic rings. The minimum Gasteiger partial charge on any atom is -0.398 e. The predicted octanol–water partition coefficient (Wildman–Crippen LogP) is 1.72. The van der Waals surface area contributed by atoms with Crippen LogP contribution in [0.5, 0.6) is 0 Å². The minimum atomic E-state index is -3.55. The summed E-state index contributed by atoms with van der Waals surface area (Å²) < 4.78 is 32.7. The van der Waals surface area contributed by atoms with Crippen LogP contribution in [0.25, 0.3) is 0 Å². The Morgan fingerprint density at radius 3 is 2.86 bits per heavy atom. The molecule has 0 aromatic heterocycles. The maximum atomic E-state index is 13.0. The number of benzene rings is 1. The lowest BCUT2D eigenvalue weighted by atomic mass is 10.2. The molecule has 1 aromatic carbocycles. The summed E-state index contributed by atoms with van der Waals surface area (Å²) in [5, 5.41) is 0. The van der Waals surface area contributed by atoms with E-state index in [1.165, 1.54) is 0 Å². The van der Waals surface area contributed by atoms with Gasteiger partial charge in [-0.1, -0.05) is 6.07 Å². The summed E-state index contributed by atoms with van der Waals surface area (Å²) in [5.74, 6) is 1.84. The van der Waals surface area contributed by atoms with Crippen LogP contribution in [0.1, 0.15) is 12.0 Å². The Kier molecular flexibility index (Phi) is 5.54. The molecule has 1 saturated heterocycles. The summed E-state index contributed by atoms with van der Waals surface area (Å²) >= 11 is 1.79. The first-order chi connectivity index (χ1) is 9.98. The Morgan fingerprint density at radius 1 is 1.48 bits per heavy atom. The molecule has 21 heavy (non-hydrogen) atoms. The van der Waals surface area contributed by atoms with E-state index >= 15 is 0 Å². The van der Waals surface area contributed by atoms with Crippen LogP contribution in [-0.4, -0.2) is 50.5 Å². The minimum absolute atomic E-state index is 0.0379. The van der Waals surface area contributed by atoms with Crippen molar-refractivity contribution in [1.82, 2.24) is 4.31 Å². The third-order valence-corrected chi connectivity index (χ3v) is 6.98. The van der Waals surface area contributed by atoms with Crippen molar-refractivity contribution in [3.8, 4) is 0 Å². The molecule has 1 fully saturated rings. The lowest BCUT2D eigenvalue weighted by molar-refractivity contribution is 0.169. The fourth-order valence-electron chi connectivity index (χ4n) is 2.47. The van der Waals surface area contributed by atoms with E-state index in [1.54, 1.807) is 48.3 Å². The van der Waals surface area contributed by atoms with E-state index in [0.717, 1.165) is 17.9 Å². The molecule has 1 aliphatic rings. The fourth-order valence-corrected chi connectivity index (χ4v) is 5.68. The van der Waals surface area contributed by atoms with E-state index in [1.807, 2.05) is 0 Å². The molecule has 0 bridgehead atoms. The number of nitrogen functional groups attached to an aromatic ring is 1. The Hall–Kier alpha value is -0.760. The Bertz CT molecular complexity index is 584. The highest BCUT2D eigenvalue weighted by Gasteiger charge is 2.34. The van der Waals surface area contributed by atoms with E-state index in [2.05, 4.69) is 0 Å². The lowest BCUT2D eigenvalue weighted by Gasteiger charge is -2.28. The van der Waals surface area contributed by atoms with Crippen molar-refractivity contribution in [1.29, 1.82) is 0 Å². The summed E-state index contributed by atoms with van der Waals surface area (Å²) in [7, 11) is -1.97. The molecular formula is C14H22N2O3S2. The molecule has 2 N–H and O–H groups in total. The average Bonchev–Trinajstić information content (AvgIpc) is 2.95. The standard InChI is InChI=1S/C14H22N2O3S2/c1-11-13(15)4-3-5-14(11)21(17,18)16(7-8-19-2)12-6-9-20-10-12/h3-5,12H,6-10,15H2,1-2H3. The molecule has 0 saturated carbocycles. The van der Waals surface area contributed by atoms with Crippen LogP contribution < -0.4 is 5.73 Å². The number of rotatable bonds is 6. The number of thioether (sulfide) groups is 1. The summed E-state index contributed by atoms with van der Waals surface area (Å²) in [6.45, 7) is 2.51. The quantitative estimate of drug-likeness (QED) is 0.804. The van der Waals surface area contributed by atoms with Gasteiger partial charge >= 0.3 is 0 Å². The fraction of sp³-hybridized carbons (Fsp3) is 0.571. The molecule has 0 amide bonds. The maximum Gasteiger partial charge on any atom is 0.243 e. The topological polar surface area (TPSA) is 72.6 Å². The highest BCUT2D eigenvalue weighted by atomic mass is 32.2. The highest BCUT2D eigenvalue weighted by molar-refractivity contribution is 7.99. The second-order valence-electron chi connectivity index (χ2n) is 5.10. The van der Waals surface area contributed by atoms with Crippen LogP contribution in [0.2, 0.25) is 0 Å². The van der Waals surface area contributed by atoms with Crippen LogP contribution in [0.4, 0.5) is 5.69 Å². The Morgan fingerprint density at radius 2 is 2.24 bits per heavy atom. The predicted molar refractivity (Wildman–Crippen MR) is 87.1 cm³/mol. The van der Waals surface area contributed by atoms with Gasteiger partial charge < -0.3 is 10.5 Å². The summed E-state index contributed by atoms with van der Waals surface area (Å²) in [5.41, 5.74) is 6.98. The van der Waals surface area contributed by atoms with Crippen LogP contribution in [0, 0.1) is 6.92 Å². The number of hydrogen-bond donors (Lipinski definition) is 1. The Balaban J connectivity index is 2.38. The van der Waals surface area contributed by atoms with Gasteiger partial charge in [0.25, 0.3) is 0 Å². The summed E-state index contributed by atoms with van der Waals surface area (Å²) in [6.07, 6.45) is 0.884. The monoisotopic (exact) mass is 330 g/mol. The number of anilines is 1. The molecule has 1 atom stereocenters. The van der Waals surface area contributed by atoms with Crippen LogP contribution in [-0.2, 0) is 14.8 Å². The van der Waals surface area contributed by atoms with Crippen molar-refractivity contribution in [3.05, 3.63) is 23.8 Å². The molecular weight excluding hydrogens is 308 g/mol. The number of nitrogens with zero attached hydrogens (tertiary/aromatic N) is 1. The molecule has 0 radical (unpaired) electrons. The molecule has 5 nitrogen and oxygen atoms in total. The van der Waals surface area contributed by atoms with Crippen molar-refractivity contribution < 1.29 is 13.2 Å². The van der Waals surface area contributed by atoms with Gasteiger partial charge in [-0.15, -0.1) is 0 Å². The molecule has 1 unspecified atom stereocenters. The van der Waals surface area contributed by atoms with Crippen molar-refractivity contribution >= 4 is 27.5 Å². The van der Waals surface area contributed by atoms with E-state index in [4.69, 9.17) is 10.5 Å². The molecule has 1 aliphatic heterocycles. The zero-order chi connectivity index (χ0) is 15.5. The molecule has 0 aliphatic carbocycles. The highest BCUT2D eigenvalue weighted by Crippen LogP contribution is 2.30. The van der Waals surface area contributed by atoms with Gasteiger partial charge in [0.05, 0.1) is 11.5 Å². The van der Waals surface area contributed by atoms with E-state index in [0.29, 0.717) is 29.3 Å². The molecule has 0 spiro atoms. The number of nitrogens with two attached hydrogens (primary N) is 1. The zero-order valence-electron chi connectivity index (χ0n) is 12.4. The van der Waals surface area contributed by atoms with Gasteiger partial charge in [0.15, 0.2) is 0 Å². The van der Waals surface area contributed by atoms with Crippen LogP contribution >= 0.6 is 11.8 Å². The van der Waals surface area contributed by atoms with Gasteiger partial charge in [-0.25, -0.2) is 8.42 Å². The largest absolute Gasteiger partial charge is 0.398 e. The van der Waals surface area contributed by atoms with E-state index in [-0.39, 0.29) is 6.04 Å². The summed E-state index contributed by atoms with van der Waals surface area (Å²) in [6, 6.07) is 5.07. The molecule has 1 heterocycles. The number of methoxy groups -OCH3 is 1. The summed E-state index contributed by atoms with van der Waals surface area (Å²) in [4.78, 5) is 0.301. The zero-order valence-corrected chi connectivity index (χ0v) is 14.0. The van der Waals surface area contributed by atoms with Gasteiger partial charge in [0.1, 0.15) is 0 Å². The third-order valence-electron chi connectivity index (χ3n) is 3.74.